The molecule has 92 valence electrons. The van der Waals surface area contributed by atoms with E-state index in [4.69, 9.17) is 18.5 Å². The van der Waals surface area contributed by atoms with E-state index in [0.717, 1.165) is 0 Å². The summed E-state index contributed by atoms with van der Waals surface area (Å²) in [6, 6.07) is 0. The van der Waals surface area contributed by atoms with Gasteiger partial charge in [-0.15, -0.1) is 0 Å². The van der Waals surface area contributed by atoms with Crippen LogP contribution in [0.5, 0.6) is 0 Å². The largest absolute Gasteiger partial charge is 0.353 e. The Morgan fingerprint density at radius 1 is 1.20 bits per heavy atom. The van der Waals surface area contributed by atoms with Crippen molar-refractivity contribution < 1.29 is 23.1 Å². The number of hydrogen-bond acceptors (Lipinski definition) is 5. The Kier molecular flexibility index (Phi) is 8.29. The van der Waals surface area contributed by atoms with Gasteiger partial charge in [0.15, 0.2) is 6.29 Å². The van der Waals surface area contributed by atoms with Gasteiger partial charge in [-0.3, -0.25) is 4.57 Å². The van der Waals surface area contributed by atoms with Crippen LogP contribution in [-0.4, -0.2) is 39.9 Å². The highest BCUT2D eigenvalue weighted by molar-refractivity contribution is 7.52. The van der Waals surface area contributed by atoms with Crippen molar-refractivity contribution in [3.8, 4) is 0 Å². The van der Waals surface area contributed by atoms with E-state index in [9.17, 15) is 4.57 Å². The molecule has 0 aliphatic rings. The molecule has 15 heavy (non-hydrogen) atoms. The first-order valence-electron chi connectivity index (χ1n) is 5.06. The summed E-state index contributed by atoms with van der Waals surface area (Å²) in [5, 5.41) is 0. The van der Waals surface area contributed by atoms with E-state index in [1.807, 2.05) is 13.8 Å². The van der Waals surface area contributed by atoms with Crippen LogP contribution >= 0.6 is 7.60 Å². The molecule has 1 atom stereocenters. The summed E-state index contributed by atoms with van der Waals surface area (Å²) in [6.45, 7) is 6.69. The van der Waals surface area contributed by atoms with Crippen LogP contribution in [0, 0.1) is 0 Å². The molecule has 0 heterocycles. The standard InChI is InChI=1S/C9H21O5P/c1-5-12-9(13-6-2)7-8-14-15(4,10)11-3/h9H,5-8H2,1-4H3. The summed E-state index contributed by atoms with van der Waals surface area (Å²) in [4.78, 5) is 0. The van der Waals surface area contributed by atoms with Crippen molar-refractivity contribution in [1.29, 1.82) is 0 Å². The van der Waals surface area contributed by atoms with E-state index in [0.29, 0.717) is 26.2 Å². The summed E-state index contributed by atoms with van der Waals surface area (Å²) in [7, 11) is -1.51. The second-order valence-electron chi connectivity index (χ2n) is 2.92. The predicted octanol–water partition coefficient (Wildman–Crippen LogP) is 2.26. The molecule has 0 aromatic carbocycles. The van der Waals surface area contributed by atoms with Gasteiger partial charge in [0.2, 0.25) is 0 Å². The normalized spacial score (nSPS) is 15.5. The van der Waals surface area contributed by atoms with Crippen molar-refractivity contribution in [3.05, 3.63) is 0 Å². The summed E-state index contributed by atoms with van der Waals surface area (Å²) in [6.07, 6.45) is 0.250. The Balaban J connectivity index is 3.74. The maximum atomic E-state index is 11.4. The second-order valence-corrected chi connectivity index (χ2v) is 5.08. The fourth-order valence-electron chi connectivity index (χ4n) is 0.954. The smallest absolute Gasteiger partial charge is 0.327 e. The van der Waals surface area contributed by atoms with E-state index in [2.05, 4.69) is 0 Å². The minimum atomic E-state index is -2.88. The fraction of sp³-hybridized carbons (Fsp3) is 1.00. The molecule has 5 nitrogen and oxygen atoms in total. The highest BCUT2D eigenvalue weighted by Gasteiger charge is 2.16. The molecule has 0 amide bonds. The quantitative estimate of drug-likeness (QED) is 0.457. The van der Waals surface area contributed by atoms with Crippen molar-refractivity contribution in [2.75, 3.05) is 33.6 Å². The lowest BCUT2D eigenvalue weighted by molar-refractivity contribution is -0.143. The molecule has 0 aliphatic heterocycles. The van der Waals surface area contributed by atoms with Crippen LogP contribution in [0.3, 0.4) is 0 Å². The van der Waals surface area contributed by atoms with Gasteiger partial charge in [-0.25, -0.2) is 0 Å². The Labute approximate surface area is 91.6 Å². The van der Waals surface area contributed by atoms with Crippen molar-refractivity contribution in [1.82, 2.24) is 0 Å². The van der Waals surface area contributed by atoms with Gasteiger partial charge < -0.3 is 18.5 Å². The Hall–Kier alpha value is 0.0700. The van der Waals surface area contributed by atoms with E-state index in [1.54, 1.807) is 0 Å². The summed E-state index contributed by atoms with van der Waals surface area (Å²) >= 11 is 0. The van der Waals surface area contributed by atoms with Crippen LogP contribution in [0.4, 0.5) is 0 Å². The second kappa shape index (κ2) is 8.25. The van der Waals surface area contributed by atoms with Crippen molar-refractivity contribution in [2.24, 2.45) is 0 Å². The Morgan fingerprint density at radius 2 is 1.73 bits per heavy atom. The van der Waals surface area contributed by atoms with Gasteiger partial charge in [0.25, 0.3) is 0 Å². The van der Waals surface area contributed by atoms with Gasteiger partial charge in [0.1, 0.15) is 0 Å². The third-order valence-electron chi connectivity index (χ3n) is 1.72. The van der Waals surface area contributed by atoms with Gasteiger partial charge >= 0.3 is 7.60 Å². The Morgan fingerprint density at radius 3 is 2.13 bits per heavy atom. The third-order valence-corrected chi connectivity index (χ3v) is 3.03. The van der Waals surface area contributed by atoms with Crippen molar-refractivity contribution in [3.63, 3.8) is 0 Å². The van der Waals surface area contributed by atoms with Crippen LogP contribution in [0.2, 0.25) is 0 Å². The zero-order valence-corrected chi connectivity index (χ0v) is 10.8. The van der Waals surface area contributed by atoms with Crippen molar-refractivity contribution >= 4 is 7.60 Å². The number of hydrogen-bond donors (Lipinski definition) is 0. The van der Waals surface area contributed by atoms with Crippen LogP contribution < -0.4 is 0 Å². The third kappa shape index (κ3) is 7.94. The molecular weight excluding hydrogens is 219 g/mol. The van der Waals surface area contributed by atoms with E-state index < -0.39 is 7.60 Å². The monoisotopic (exact) mass is 240 g/mol. The molecule has 0 rings (SSSR count). The van der Waals surface area contributed by atoms with Gasteiger partial charge in [-0.1, -0.05) is 0 Å². The molecule has 6 heteroatoms. The first kappa shape index (κ1) is 15.1. The zero-order valence-electron chi connectivity index (χ0n) is 9.89. The molecule has 1 unspecified atom stereocenters. The SMILES string of the molecule is CCOC(CCOP(C)(=O)OC)OCC. The van der Waals surface area contributed by atoms with Crippen molar-refractivity contribution in [2.45, 2.75) is 26.6 Å². The molecule has 0 saturated heterocycles. The maximum Gasteiger partial charge on any atom is 0.327 e. The highest BCUT2D eigenvalue weighted by atomic mass is 31.2. The molecule has 0 saturated carbocycles. The highest BCUT2D eigenvalue weighted by Crippen LogP contribution is 2.42. The predicted molar refractivity (Wildman–Crippen MR) is 58.1 cm³/mol. The summed E-state index contributed by atoms with van der Waals surface area (Å²) in [5.74, 6) is 0. The number of rotatable bonds is 9. The fourth-order valence-corrected chi connectivity index (χ4v) is 1.50. The molecule has 0 radical (unpaired) electrons. The lowest BCUT2D eigenvalue weighted by atomic mass is 10.4. The van der Waals surface area contributed by atoms with Gasteiger partial charge in [0.05, 0.1) is 6.61 Å². The lowest BCUT2D eigenvalue weighted by Gasteiger charge is -2.18. The lowest BCUT2D eigenvalue weighted by Crippen LogP contribution is -2.19. The molecule has 0 aromatic heterocycles. The topological polar surface area (TPSA) is 54.0 Å². The molecule has 0 spiro atoms. The molecule has 0 fully saturated rings. The van der Waals surface area contributed by atoms with Gasteiger partial charge in [-0.2, -0.15) is 0 Å². The van der Waals surface area contributed by atoms with E-state index in [1.165, 1.54) is 13.8 Å². The average Bonchev–Trinajstić information content (AvgIpc) is 2.18. The van der Waals surface area contributed by atoms with Crippen LogP contribution in [0.1, 0.15) is 20.3 Å². The van der Waals surface area contributed by atoms with Crippen LogP contribution in [0.15, 0.2) is 0 Å². The minimum Gasteiger partial charge on any atom is -0.353 e. The number of ether oxygens (including phenoxy) is 2. The zero-order chi connectivity index (χ0) is 11.7. The molecule has 0 N–H and O–H groups in total. The molecule has 0 aromatic rings. The molecule has 0 aliphatic carbocycles. The van der Waals surface area contributed by atoms with E-state index >= 15 is 0 Å². The van der Waals surface area contributed by atoms with Crippen LogP contribution in [0.25, 0.3) is 0 Å². The molecule has 0 bridgehead atoms. The van der Waals surface area contributed by atoms with E-state index in [-0.39, 0.29) is 6.29 Å². The summed E-state index contributed by atoms with van der Waals surface area (Å²) in [5.41, 5.74) is 0. The Bertz CT molecular complexity index is 191. The van der Waals surface area contributed by atoms with Gasteiger partial charge in [0, 0.05) is 33.4 Å². The van der Waals surface area contributed by atoms with Gasteiger partial charge in [-0.05, 0) is 13.8 Å². The first-order valence-corrected chi connectivity index (χ1v) is 7.05. The summed E-state index contributed by atoms with van der Waals surface area (Å²) < 4.78 is 31.7. The maximum absolute atomic E-state index is 11.4. The first-order chi connectivity index (χ1) is 7.05. The minimum absolute atomic E-state index is 0.295. The average molecular weight is 240 g/mol. The van der Waals surface area contributed by atoms with Crippen LogP contribution in [-0.2, 0) is 23.1 Å². The molecular formula is C9H21O5P.